The minimum Gasteiger partial charge on any atom is -0.481 e. The normalized spacial score (nSPS) is 18.0. The van der Waals surface area contributed by atoms with Crippen LogP contribution in [0, 0.1) is 5.92 Å². The van der Waals surface area contributed by atoms with E-state index in [0.717, 1.165) is 0 Å². The highest BCUT2D eigenvalue weighted by Gasteiger charge is 2.28. The molecule has 10 heteroatoms. The standard InChI is InChI=1S/C13H15N5O4S/c1-22-9-8-10(15-6-14-9)23-12(16-8)17-13(21)18-4-2-3-7(5-18)11(19)20/h6-7H,2-5H2,1H3,(H,19,20)(H,16,17,21). The molecular weight excluding hydrogens is 322 g/mol. The van der Waals surface area contributed by atoms with Crippen molar-refractivity contribution in [2.45, 2.75) is 12.8 Å². The number of carbonyl (C=O) groups excluding carboxylic acids is 1. The quantitative estimate of drug-likeness (QED) is 0.869. The Hall–Kier alpha value is -2.49. The smallest absolute Gasteiger partial charge is 0.323 e. The number of carboxylic acids is 1. The molecule has 1 aliphatic rings. The highest BCUT2D eigenvalue weighted by atomic mass is 32.1. The van der Waals surface area contributed by atoms with Gasteiger partial charge in [-0.1, -0.05) is 11.3 Å². The Labute approximate surface area is 135 Å². The molecule has 23 heavy (non-hydrogen) atoms. The summed E-state index contributed by atoms with van der Waals surface area (Å²) in [5.74, 6) is -1.05. The van der Waals surface area contributed by atoms with Crippen LogP contribution in [0.3, 0.4) is 0 Å². The van der Waals surface area contributed by atoms with E-state index in [1.807, 2.05) is 0 Å². The number of ether oxygens (including phenoxy) is 1. The molecule has 0 aliphatic carbocycles. The molecule has 0 saturated carbocycles. The molecule has 1 unspecified atom stereocenters. The first-order chi connectivity index (χ1) is 11.1. The van der Waals surface area contributed by atoms with Crippen molar-refractivity contribution in [3.05, 3.63) is 6.33 Å². The van der Waals surface area contributed by atoms with Gasteiger partial charge in [-0.05, 0) is 12.8 Å². The van der Waals surface area contributed by atoms with Crippen LogP contribution in [0.4, 0.5) is 9.93 Å². The number of aliphatic carboxylic acids is 1. The second-order valence-electron chi connectivity index (χ2n) is 5.11. The van der Waals surface area contributed by atoms with Crippen LogP contribution in [-0.4, -0.2) is 57.2 Å². The Balaban J connectivity index is 1.74. The molecule has 3 rings (SSSR count). The number of nitrogens with zero attached hydrogens (tertiary/aromatic N) is 4. The Morgan fingerprint density at radius 3 is 3.04 bits per heavy atom. The zero-order chi connectivity index (χ0) is 16.4. The van der Waals surface area contributed by atoms with Gasteiger partial charge in [0.1, 0.15) is 6.33 Å². The van der Waals surface area contributed by atoms with Gasteiger partial charge >= 0.3 is 12.0 Å². The van der Waals surface area contributed by atoms with Crippen LogP contribution < -0.4 is 10.1 Å². The number of amides is 2. The largest absolute Gasteiger partial charge is 0.481 e. The molecule has 2 aromatic rings. The Morgan fingerprint density at radius 1 is 1.48 bits per heavy atom. The van der Waals surface area contributed by atoms with E-state index in [2.05, 4.69) is 20.3 Å². The predicted molar refractivity (Wildman–Crippen MR) is 82.7 cm³/mol. The maximum absolute atomic E-state index is 12.3. The van der Waals surface area contributed by atoms with Crippen LogP contribution in [0.15, 0.2) is 6.33 Å². The number of anilines is 1. The molecule has 1 atom stereocenters. The monoisotopic (exact) mass is 337 g/mol. The number of nitrogens with one attached hydrogen (secondary N) is 1. The number of methoxy groups -OCH3 is 1. The molecule has 0 bridgehead atoms. The van der Waals surface area contributed by atoms with E-state index in [1.165, 1.54) is 29.7 Å². The molecule has 3 heterocycles. The minimum absolute atomic E-state index is 0.204. The van der Waals surface area contributed by atoms with E-state index in [-0.39, 0.29) is 12.6 Å². The lowest BCUT2D eigenvalue weighted by atomic mass is 9.99. The van der Waals surface area contributed by atoms with Crippen LogP contribution in [-0.2, 0) is 4.79 Å². The lowest BCUT2D eigenvalue weighted by Gasteiger charge is -2.30. The number of fused-ring (bicyclic) bond motifs is 1. The van der Waals surface area contributed by atoms with Gasteiger partial charge < -0.3 is 14.7 Å². The van der Waals surface area contributed by atoms with Gasteiger partial charge in [0.05, 0.1) is 13.0 Å². The van der Waals surface area contributed by atoms with Crippen molar-refractivity contribution < 1.29 is 19.4 Å². The average Bonchev–Trinajstić information content (AvgIpc) is 2.97. The summed E-state index contributed by atoms with van der Waals surface area (Å²) in [6, 6.07) is -0.359. The first-order valence-corrected chi connectivity index (χ1v) is 7.84. The third kappa shape index (κ3) is 3.16. The molecular formula is C13H15N5O4S. The highest BCUT2D eigenvalue weighted by molar-refractivity contribution is 7.22. The molecule has 122 valence electrons. The van der Waals surface area contributed by atoms with Gasteiger partial charge in [0.25, 0.3) is 0 Å². The molecule has 0 aromatic carbocycles. The van der Waals surface area contributed by atoms with Crippen molar-refractivity contribution in [3.63, 3.8) is 0 Å². The van der Waals surface area contributed by atoms with Crippen LogP contribution in [0.1, 0.15) is 12.8 Å². The van der Waals surface area contributed by atoms with E-state index in [0.29, 0.717) is 40.7 Å². The molecule has 0 radical (unpaired) electrons. The second-order valence-corrected chi connectivity index (χ2v) is 6.09. The van der Waals surface area contributed by atoms with Gasteiger partial charge in [0, 0.05) is 13.1 Å². The number of piperidine rings is 1. The Kier molecular flexibility index (Phi) is 4.24. The summed E-state index contributed by atoms with van der Waals surface area (Å²) in [5, 5.41) is 12.1. The van der Waals surface area contributed by atoms with E-state index < -0.39 is 11.9 Å². The molecule has 1 saturated heterocycles. The maximum atomic E-state index is 12.3. The molecule has 2 amide bonds. The van der Waals surface area contributed by atoms with Gasteiger partial charge in [-0.3, -0.25) is 10.1 Å². The van der Waals surface area contributed by atoms with Crippen molar-refractivity contribution in [2.75, 3.05) is 25.5 Å². The van der Waals surface area contributed by atoms with Gasteiger partial charge in [0.15, 0.2) is 15.5 Å². The van der Waals surface area contributed by atoms with E-state index in [1.54, 1.807) is 0 Å². The van der Waals surface area contributed by atoms with Crippen molar-refractivity contribution >= 4 is 38.8 Å². The number of aromatic nitrogens is 3. The lowest BCUT2D eigenvalue weighted by Crippen LogP contribution is -2.44. The fourth-order valence-corrected chi connectivity index (χ4v) is 3.26. The first kappa shape index (κ1) is 15.4. The number of likely N-dealkylation sites (tertiary alicyclic amines) is 1. The number of carboxylic acid groups (broad SMARTS) is 1. The fourth-order valence-electron chi connectivity index (χ4n) is 2.47. The lowest BCUT2D eigenvalue weighted by molar-refractivity contribution is -0.143. The van der Waals surface area contributed by atoms with Crippen molar-refractivity contribution in [1.29, 1.82) is 0 Å². The topological polar surface area (TPSA) is 118 Å². The zero-order valence-corrected chi connectivity index (χ0v) is 13.2. The third-order valence-electron chi connectivity index (χ3n) is 3.63. The van der Waals surface area contributed by atoms with Crippen LogP contribution in [0.2, 0.25) is 0 Å². The molecule has 0 spiro atoms. The summed E-state index contributed by atoms with van der Waals surface area (Å²) in [6.45, 7) is 0.735. The number of thiazole rings is 1. The van der Waals surface area contributed by atoms with Crippen LogP contribution in [0.25, 0.3) is 10.3 Å². The summed E-state index contributed by atoms with van der Waals surface area (Å²) in [6.07, 6.45) is 2.63. The summed E-state index contributed by atoms with van der Waals surface area (Å²) in [4.78, 5) is 37.8. The average molecular weight is 337 g/mol. The molecule has 1 fully saturated rings. The van der Waals surface area contributed by atoms with Crippen LogP contribution >= 0.6 is 11.3 Å². The Morgan fingerprint density at radius 2 is 2.30 bits per heavy atom. The summed E-state index contributed by atoms with van der Waals surface area (Å²) in [7, 11) is 1.49. The molecule has 2 N–H and O–H groups in total. The Bertz CT molecular complexity index is 749. The number of hydrogen-bond acceptors (Lipinski definition) is 7. The number of urea groups is 1. The summed E-state index contributed by atoms with van der Waals surface area (Å²) < 4.78 is 5.11. The van der Waals surface area contributed by atoms with E-state index in [4.69, 9.17) is 9.84 Å². The van der Waals surface area contributed by atoms with Crippen molar-refractivity contribution in [3.8, 4) is 5.88 Å². The number of carbonyl (C=O) groups is 2. The fraction of sp³-hybridized carbons (Fsp3) is 0.462. The molecule has 1 aliphatic heterocycles. The summed E-state index contributed by atoms with van der Waals surface area (Å²) >= 11 is 1.21. The SMILES string of the molecule is COc1ncnc2sc(NC(=O)N3CCCC(C(=O)O)C3)nc12. The second kappa shape index (κ2) is 6.32. The minimum atomic E-state index is -0.873. The number of rotatable bonds is 3. The summed E-state index contributed by atoms with van der Waals surface area (Å²) in [5.41, 5.74) is 0.484. The third-order valence-corrected chi connectivity index (χ3v) is 4.51. The van der Waals surface area contributed by atoms with Gasteiger partial charge in [-0.25, -0.2) is 14.8 Å². The zero-order valence-electron chi connectivity index (χ0n) is 12.4. The first-order valence-electron chi connectivity index (χ1n) is 7.02. The molecule has 2 aromatic heterocycles. The van der Waals surface area contributed by atoms with Crippen molar-refractivity contribution in [1.82, 2.24) is 19.9 Å². The van der Waals surface area contributed by atoms with E-state index in [9.17, 15) is 9.59 Å². The van der Waals surface area contributed by atoms with Gasteiger partial charge in [-0.15, -0.1) is 0 Å². The van der Waals surface area contributed by atoms with E-state index >= 15 is 0 Å². The van der Waals surface area contributed by atoms with Crippen LogP contribution in [0.5, 0.6) is 5.88 Å². The predicted octanol–water partition coefficient (Wildman–Crippen LogP) is 1.42. The molecule has 9 nitrogen and oxygen atoms in total. The van der Waals surface area contributed by atoms with Gasteiger partial charge in [0.2, 0.25) is 5.88 Å². The maximum Gasteiger partial charge on any atom is 0.323 e. The number of hydrogen-bond donors (Lipinski definition) is 2. The van der Waals surface area contributed by atoms with Crippen molar-refractivity contribution in [2.24, 2.45) is 5.92 Å². The highest BCUT2D eigenvalue weighted by Crippen LogP contribution is 2.29. The van der Waals surface area contributed by atoms with Gasteiger partial charge in [-0.2, -0.15) is 4.98 Å².